The van der Waals surface area contributed by atoms with Crippen LogP contribution < -0.4 is 4.90 Å². The van der Waals surface area contributed by atoms with E-state index in [0.29, 0.717) is 13.0 Å². The lowest BCUT2D eigenvalue weighted by Gasteiger charge is -2.42. The molecule has 1 aliphatic rings. The maximum Gasteiger partial charge on any atom is 0.315 e. The minimum absolute atomic E-state index is 0.529. The highest BCUT2D eigenvalue weighted by atomic mass is 16.4. The van der Waals surface area contributed by atoms with Crippen molar-refractivity contribution in [1.82, 2.24) is 4.57 Å². The zero-order chi connectivity index (χ0) is 17.2. The van der Waals surface area contributed by atoms with Gasteiger partial charge < -0.3 is 14.6 Å². The van der Waals surface area contributed by atoms with Crippen molar-refractivity contribution < 1.29 is 9.90 Å². The van der Waals surface area contributed by atoms with Crippen LogP contribution in [0.4, 0.5) is 5.82 Å². The predicted octanol–water partition coefficient (Wildman–Crippen LogP) is 3.83. The summed E-state index contributed by atoms with van der Waals surface area (Å²) in [5.41, 5.74) is 1.19. The lowest BCUT2D eigenvalue weighted by atomic mass is 9.72. The number of nitrogens with zero attached hydrogens (tertiary/aromatic N) is 2. The molecule has 1 aromatic carbocycles. The molecule has 24 heavy (non-hydrogen) atoms. The van der Waals surface area contributed by atoms with Crippen LogP contribution in [0.5, 0.6) is 0 Å². The molecule has 2 heterocycles. The molecule has 1 aliphatic heterocycles. The number of benzene rings is 1. The van der Waals surface area contributed by atoms with Gasteiger partial charge in [0.15, 0.2) is 0 Å². The molecular formula is C20H26N2O2. The number of aromatic nitrogens is 1. The maximum absolute atomic E-state index is 12.3. The summed E-state index contributed by atoms with van der Waals surface area (Å²) in [6.07, 6.45) is 4.73. The predicted molar refractivity (Wildman–Crippen MR) is 96.7 cm³/mol. The van der Waals surface area contributed by atoms with Crippen LogP contribution >= 0.6 is 0 Å². The lowest BCUT2D eigenvalue weighted by Crippen LogP contribution is -2.51. The van der Waals surface area contributed by atoms with E-state index < -0.39 is 11.4 Å². The topological polar surface area (TPSA) is 45.5 Å². The highest BCUT2D eigenvalue weighted by molar-refractivity contribution is 5.83. The lowest BCUT2D eigenvalue weighted by molar-refractivity contribution is -0.144. The standard InChI is InChI=1S/C20H26N2O2/c1-3-12-21-13-6-10-18(21)22-14-7-11-20(15-22,19(23)24)17-9-5-4-8-16(17)2/h4-6,8-10,13H,3,7,11-12,14-15H2,1-2H3,(H,23,24)/t20-/m0/s1. The van der Waals surface area contributed by atoms with Crippen LogP contribution in [0.3, 0.4) is 0 Å². The van der Waals surface area contributed by atoms with Gasteiger partial charge in [0, 0.05) is 25.8 Å². The van der Waals surface area contributed by atoms with Gasteiger partial charge in [-0.3, -0.25) is 4.79 Å². The Morgan fingerprint density at radius 3 is 2.75 bits per heavy atom. The van der Waals surface area contributed by atoms with E-state index in [1.807, 2.05) is 31.2 Å². The first kappa shape index (κ1) is 16.6. The molecule has 2 aromatic rings. The smallest absolute Gasteiger partial charge is 0.315 e. The van der Waals surface area contributed by atoms with E-state index in [4.69, 9.17) is 0 Å². The van der Waals surface area contributed by atoms with Crippen LogP contribution in [0, 0.1) is 6.92 Å². The molecule has 4 nitrogen and oxygen atoms in total. The van der Waals surface area contributed by atoms with Crippen molar-refractivity contribution >= 4 is 11.8 Å². The van der Waals surface area contributed by atoms with Gasteiger partial charge in [0.1, 0.15) is 11.2 Å². The Balaban J connectivity index is 1.99. The van der Waals surface area contributed by atoms with Gasteiger partial charge >= 0.3 is 5.97 Å². The van der Waals surface area contributed by atoms with Gasteiger partial charge in [0.25, 0.3) is 0 Å². The van der Waals surface area contributed by atoms with Crippen LogP contribution in [0.2, 0.25) is 0 Å². The normalized spacial score (nSPS) is 21.0. The SMILES string of the molecule is CCCn1cccc1N1CCC[C@@](C(=O)O)(c2ccccc2C)C1. The zero-order valence-corrected chi connectivity index (χ0v) is 14.5. The molecule has 4 heteroatoms. The van der Waals surface area contributed by atoms with Crippen molar-refractivity contribution in [3.63, 3.8) is 0 Å². The summed E-state index contributed by atoms with van der Waals surface area (Å²) >= 11 is 0. The maximum atomic E-state index is 12.3. The Labute approximate surface area is 143 Å². The Morgan fingerprint density at radius 2 is 2.04 bits per heavy atom. The van der Waals surface area contributed by atoms with Gasteiger partial charge in [-0.15, -0.1) is 0 Å². The molecule has 1 fully saturated rings. The molecule has 1 aromatic heterocycles. The second-order valence-corrected chi connectivity index (χ2v) is 6.79. The average Bonchev–Trinajstić information content (AvgIpc) is 3.04. The Kier molecular flexibility index (Phi) is 4.65. The van der Waals surface area contributed by atoms with E-state index in [9.17, 15) is 9.90 Å². The Hall–Kier alpha value is -2.23. The number of piperidine rings is 1. The molecule has 0 unspecified atom stereocenters. The van der Waals surface area contributed by atoms with Crippen LogP contribution in [0.25, 0.3) is 0 Å². The first-order valence-corrected chi connectivity index (χ1v) is 8.78. The van der Waals surface area contributed by atoms with Gasteiger partial charge in [-0.05, 0) is 49.4 Å². The van der Waals surface area contributed by atoms with Gasteiger partial charge in [0.05, 0.1) is 0 Å². The summed E-state index contributed by atoms with van der Waals surface area (Å²) in [6.45, 7) is 6.58. The number of rotatable bonds is 5. The van der Waals surface area contributed by atoms with Gasteiger partial charge in [0.2, 0.25) is 0 Å². The first-order chi connectivity index (χ1) is 11.6. The molecule has 1 N–H and O–H groups in total. The number of hydrogen-bond donors (Lipinski definition) is 1. The monoisotopic (exact) mass is 326 g/mol. The summed E-state index contributed by atoms with van der Waals surface area (Å²) in [5.74, 6) is 0.422. The van der Waals surface area contributed by atoms with E-state index in [-0.39, 0.29) is 0 Å². The largest absolute Gasteiger partial charge is 0.481 e. The molecular weight excluding hydrogens is 300 g/mol. The van der Waals surface area contributed by atoms with Crippen LogP contribution in [-0.2, 0) is 16.8 Å². The molecule has 0 saturated carbocycles. The van der Waals surface area contributed by atoms with Crippen molar-refractivity contribution in [1.29, 1.82) is 0 Å². The number of hydrogen-bond acceptors (Lipinski definition) is 2. The Morgan fingerprint density at radius 1 is 1.25 bits per heavy atom. The molecule has 0 bridgehead atoms. The molecule has 0 aliphatic carbocycles. The number of aryl methyl sites for hydroxylation is 2. The fourth-order valence-corrected chi connectivity index (χ4v) is 3.99. The zero-order valence-electron chi connectivity index (χ0n) is 14.5. The van der Waals surface area contributed by atoms with Crippen LogP contribution in [0.15, 0.2) is 42.6 Å². The van der Waals surface area contributed by atoms with E-state index in [2.05, 4.69) is 34.7 Å². The molecule has 0 radical (unpaired) electrons. The second-order valence-electron chi connectivity index (χ2n) is 6.79. The average molecular weight is 326 g/mol. The van der Waals surface area contributed by atoms with Crippen molar-refractivity contribution in [2.75, 3.05) is 18.0 Å². The second kappa shape index (κ2) is 6.71. The van der Waals surface area contributed by atoms with Crippen molar-refractivity contribution in [3.05, 3.63) is 53.7 Å². The fourth-order valence-electron chi connectivity index (χ4n) is 3.99. The summed E-state index contributed by atoms with van der Waals surface area (Å²) < 4.78 is 2.23. The van der Waals surface area contributed by atoms with Crippen LogP contribution in [-0.4, -0.2) is 28.7 Å². The third kappa shape index (κ3) is 2.81. The van der Waals surface area contributed by atoms with Gasteiger partial charge in [-0.1, -0.05) is 31.2 Å². The number of aliphatic carboxylic acids is 1. The van der Waals surface area contributed by atoms with Crippen molar-refractivity contribution in [2.45, 2.75) is 45.1 Å². The summed E-state index contributed by atoms with van der Waals surface area (Å²) in [5, 5.41) is 10.1. The van der Waals surface area contributed by atoms with E-state index in [1.165, 1.54) is 0 Å². The van der Waals surface area contributed by atoms with Gasteiger partial charge in [-0.2, -0.15) is 0 Å². The third-order valence-corrected chi connectivity index (χ3v) is 5.16. The molecule has 1 saturated heterocycles. The number of anilines is 1. The highest BCUT2D eigenvalue weighted by Gasteiger charge is 2.45. The number of carboxylic acid groups (broad SMARTS) is 1. The van der Waals surface area contributed by atoms with E-state index >= 15 is 0 Å². The minimum atomic E-state index is -0.828. The highest BCUT2D eigenvalue weighted by Crippen LogP contribution is 2.38. The summed E-state index contributed by atoms with van der Waals surface area (Å²) in [6, 6.07) is 12.1. The first-order valence-electron chi connectivity index (χ1n) is 8.78. The minimum Gasteiger partial charge on any atom is -0.481 e. The number of carboxylic acids is 1. The van der Waals surface area contributed by atoms with Gasteiger partial charge in [-0.25, -0.2) is 0 Å². The van der Waals surface area contributed by atoms with E-state index in [1.54, 1.807) is 0 Å². The molecule has 1 atom stereocenters. The molecule has 128 valence electrons. The summed E-state index contributed by atoms with van der Waals surface area (Å²) in [7, 11) is 0. The summed E-state index contributed by atoms with van der Waals surface area (Å²) in [4.78, 5) is 14.6. The molecule has 0 spiro atoms. The molecule has 0 amide bonds. The van der Waals surface area contributed by atoms with Crippen molar-refractivity contribution in [3.8, 4) is 0 Å². The van der Waals surface area contributed by atoms with Crippen LogP contribution in [0.1, 0.15) is 37.3 Å². The third-order valence-electron chi connectivity index (χ3n) is 5.16. The number of carbonyl (C=O) groups is 1. The van der Waals surface area contributed by atoms with E-state index in [0.717, 1.165) is 42.9 Å². The fraction of sp³-hybridized carbons (Fsp3) is 0.450. The Bertz CT molecular complexity index is 722. The quantitative estimate of drug-likeness (QED) is 0.908. The molecule has 3 rings (SSSR count). The van der Waals surface area contributed by atoms with Crippen molar-refractivity contribution in [2.24, 2.45) is 0 Å².